The SMILES string of the molecule is CCCCCCCCO.[Cl-].[Cs+]. The fraction of sp³-hybridized carbons (Fsp3) is 1.00. The zero-order chi connectivity index (χ0) is 6.95. The van der Waals surface area contributed by atoms with Crippen LogP contribution in [0, 0.1) is 0 Å². The fourth-order valence-electron chi connectivity index (χ4n) is 0.892. The first kappa shape index (κ1) is 19.0. The summed E-state index contributed by atoms with van der Waals surface area (Å²) in [6.07, 6.45) is 7.50. The Hall–Kier alpha value is 2.30. The monoisotopic (exact) mass is 298 g/mol. The molecule has 3 heteroatoms. The Morgan fingerprint density at radius 3 is 1.82 bits per heavy atom. The van der Waals surface area contributed by atoms with Crippen LogP contribution in [0.15, 0.2) is 0 Å². The van der Waals surface area contributed by atoms with E-state index < -0.39 is 0 Å². The average Bonchev–Trinajstić information content (AvgIpc) is 1.89. The van der Waals surface area contributed by atoms with E-state index in [1.165, 1.54) is 32.1 Å². The van der Waals surface area contributed by atoms with Crippen LogP contribution in [0.5, 0.6) is 0 Å². The van der Waals surface area contributed by atoms with Gasteiger partial charge < -0.3 is 17.5 Å². The van der Waals surface area contributed by atoms with Gasteiger partial charge in [-0.15, -0.1) is 0 Å². The van der Waals surface area contributed by atoms with Crippen molar-refractivity contribution in [2.45, 2.75) is 45.4 Å². The summed E-state index contributed by atoms with van der Waals surface area (Å²) < 4.78 is 0. The van der Waals surface area contributed by atoms with Gasteiger partial charge in [0.25, 0.3) is 0 Å². The first-order valence-corrected chi connectivity index (χ1v) is 4.02. The maximum atomic E-state index is 8.42. The molecule has 0 aromatic heterocycles. The minimum atomic E-state index is 0. The van der Waals surface area contributed by atoms with Crippen molar-refractivity contribution >= 4 is 0 Å². The molecular formula is C8H18ClCsO. The Morgan fingerprint density at radius 1 is 0.909 bits per heavy atom. The molecule has 0 aliphatic rings. The summed E-state index contributed by atoms with van der Waals surface area (Å²) in [6, 6.07) is 0. The third-order valence-electron chi connectivity index (χ3n) is 1.51. The molecule has 0 heterocycles. The van der Waals surface area contributed by atoms with Crippen LogP contribution in [-0.2, 0) is 0 Å². The Bertz CT molecular complexity index is 47.4. The molecule has 0 spiro atoms. The molecule has 0 atom stereocenters. The Balaban J connectivity index is -0.000000320. The van der Waals surface area contributed by atoms with E-state index in [2.05, 4.69) is 6.92 Å². The van der Waals surface area contributed by atoms with Crippen molar-refractivity contribution in [3.63, 3.8) is 0 Å². The van der Waals surface area contributed by atoms with Gasteiger partial charge >= 0.3 is 68.9 Å². The van der Waals surface area contributed by atoms with Gasteiger partial charge in [0.2, 0.25) is 0 Å². The second kappa shape index (κ2) is 18.2. The van der Waals surface area contributed by atoms with Gasteiger partial charge in [-0.05, 0) is 6.42 Å². The summed E-state index contributed by atoms with van der Waals surface area (Å²) in [7, 11) is 0. The summed E-state index contributed by atoms with van der Waals surface area (Å²) in [5, 5.41) is 8.42. The van der Waals surface area contributed by atoms with Gasteiger partial charge in [0.1, 0.15) is 0 Å². The molecule has 1 N–H and O–H groups in total. The number of hydrogen-bond donors (Lipinski definition) is 1. The molecule has 11 heavy (non-hydrogen) atoms. The maximum absolute atomic E-state index is 8.42. The summed E-state index contributed by atoms with van der Waals surface area (Å²) in [4.78, 5) is 0. The molecule has 0 aromatic rings. The first-order valence-electron chi connectivity index (χ1n) is 4.02. The second-order valence-corrected chi connectivity index (χ2v) is 2.49. The van der Waals surface area contributed by atoms with Crippen LogP contribution < -0.4 is 81.3 Å². The Kier molecular flexibility index (Phi) is 31.3. The second-order valence-electron chi connectivity index (χ2n) is 2.49. The molecule has 0 radical (unpaired) electrons. The summed E-state index contributed by atoms with van der Waals surface area (Å²) in [5.41, 5.74) is 0. The Morgan fingerprint density at radius 2 is 1.36 bits per heavy atom. The molecular weight excluding hydrogens is 280 g/mol. The number of halogens is 1. The standard InChI is InChI=1S/C8H18O.ClH.Cs/c1-2-3-4-5-6-7-8-9;;/h9H,2-8H2,1H3;1H;/q;;+1/p-1. The molecule has 0 rings (SSSR count). The molecule has 1 nitrogen and oxygen atoms in total. The maximum Gasteiger partial charge on any atom is 1.00 e. The van der Waals surface area contributed by atoms with E-state index >= 15 is 0 Å². The van der Waals surface area contributed by atoms with E-state index in [-0.39, 0.29) is 81.3 Å². The van der Waals surface area contributed by atoms with E-state index in [4.69, 9.17) is 5.11 Å². The third-order valence-corrected chi connectivity index (χ3v) is 1.51. The van der Waals surface area contributed by atoms with Gasteiger partial charge in [0.15, 0.2) is 0 Å². The third kappa shape index (κ3) is 18.9. The van der Waals surface area contributed by atoms with E-state index in [1.54, 1.807) is 0 Å². The number of hydrogen-bond acceptors (Lipinski definition) is 1. The molecule has 0 saturated heterocycles. The van der Waals surface area contributed by atoms with Crippen molar-refractivity contribution in [1.29, 1.82) is 0 Å². The minimum Gasteiger partial charge on any atom is -1.00 e. The molecule has 0 fully saturated rings. The zero-order valence-electron chi connectivity index (χ0n) is 7.77. The van der Waals surface area contributed by atoms with Gasteiger partial charge in [-0.2, -0.15) is 0 Å². The van der Waals surface area contributed by atoms with E-state index in [0.717, 1.165) is 6.42 Å². The predicted molar refractivity (Wildman–Crippen MR) is 40.5 cm³/mol. The molecule has 0 aliphatic carbocycles. The molecule has 0 amide bonds. The van der Waals surface area contributed by atoms with E-state index in [1.807, 2.05) is 0 Å². The van der Waals surface area contributed by atoms with Crippen LogP contribution in [0.2, 0.25) is 0 Å². The summed E-state index contributed by atoms with van der Waals surface area (Å²) in [5.74, 6) is 0. The van der Waals surface area contributed by atoms with E-state index in [9.17, 15) is 0 Å². The molecule has 0 aromatic carbocycles. The first-order chi connectivity index (χ1) is 4.41. The van der Waals surface area contributed by atoms with Crippen LogP contribution in [0.3, 0.4) is 0 Å². The molecule has 0 saturated carbocycles. The molecule has 64 valence electrons. The van der Waals surface area contributed by atoms with Crippen molar-refractivity contribution in [3.05, 3.63) is 0 Å². The van der Waals surface area contributed by atoms with Gasteiger partial charge in [-0.1, -0.05) is 39.0 Å². The van der Waals surface area contributed by atoms with Crippen molar-refractivity contribution in [2.75, 3.05) is 6.61 Å². The van der Waals surface area contributed by atoms with Crippen molar-refractivity contribution in [2.24, 2.45) is 0 Å². The van der Waals surface area contributed by atoms with Gasteiger partial charge in [-0.25, -0.2) is 0 Å². The topological polar surface area (TPSA) is 20.2 Å². The summed E-state index contributed by atoms with van der Waals surface area (Å²) in [6.45, 7) is 2.58. The van der Waals surface area contributed by atoms with Crippen LogP contribution in [0.1, 0.15) is 45.4 Å². The largest absolute Gasteiger partial charge is 1.00 e. The molecule has 0 bridgehead atoms. The van der Waals surface area contributed by atoms with Crippen molar-refractivity contribution in [1.82, 2.24) is 0 Å². The van der Waals surface area contributed by atoms with Crippen molar-refractivity contribution in [3.8, 4) is 0 Å². The van der Waals surface area contributed by atoms with Crippen LogP contribution in [0.25, 0.3) is 0 Å². The Labute approximate surface area is 136 Å². The smallest absolute Gasteiger partial charge is 1.00 e. The van der Waals surface area contributed by atoms with Crippen LogP contribution >= 0.6 is 0 Å². The summed E-state index contributed by atoms with van der Waals surface area (Å²) >= 11 is 0. The van der Waals surface area contributed by atoms with Crippen LogP contribution in [0.4, 0.5) is 0 Å². The normalized spacial score (nSPS) is 8.18. The van der Waals surface area contributed by atoms with Crippen LogP contribution in [-0.4, -0.2) is 11.7 Å². The van der Waals surface area contributed by atoms with Gasteiger partial charge in [0, 0.05) is 6.61 Å². The quantitative estimate of drug-likeness (QED) is 0.502. The zero-order valence-corrected chi connectivity index (χ0v) is 14.8. The van der Waals surface area contributed by atoms with Crippen molar-refractivity contribution < 1.29 is 86.4 Å². The van der Waals surface area contributed by atoms with E-state index in [0.29, 0.717) is 6.61 Å². The average molecular weight is 299 g/mol. The number of aliphatic hydroxyl groups excluding tert-OH is 1. The fourth-order valence-corrected chi connectivity index (χ4v) is 0.892. The molecule has 0 aliphatic heterocycles. The number of rotatable bonds is 6. The number of aliphatic hydroxyl groups is 1. The van der Waals surface area contributed by atoms with Gasteiger partial charge in [-0.3, -0.25) is 0 Å². The van der Waals surface area contributed by atoms with Gasteiger partial charge in [0.05, 0.1) is 0 Å². The molecule has 0 unspecified atom stereocenters. The predicted octanol–water partition coefficient (Wildman–Crippen LogP) is -3.65. The number of unbranched alkanes of at least 4 members (excludes halogenated alkanes) is 5. The minimum absolute atomic E-state index is 0.